The first-order chi connectivity index (χ1) is 9.43. The molecule has 20 heavy (non-hydrogen) atoms. The summed E-state index contributed by atoms with van der Waals surface area (Å²) in [6.45, 7) is 0. The van der Waals surface area contributed by atoms with Crippen molar-refractivity contribution in [1.29, 1.82) is 0 Å². The molecule has 0 aliphatic carbocycles. The highest BCUT2D eigenvalue weighted by Crippen LogP contribution is 2.32. The Kier molecular flexibility index (Phi) is 3.05. The third kappa shape index (κ3) is 2.43. The van der Waals surface area contributed by atoms with Gasteiger partial charge in [0.1, 0.15) is 5.65 Å². The number of aromatic nitrogens is 2. The summed E-state index contributed by atoms with van der Waals surface area (Å²) in [7, 11) is 0. The Labute approximate surface area is 121 Å². The van der Waals surface area contributed by atoms with Crippen LogP contribution in [0, 0.1) is 0 Å². The Morgan fingerprint density at radius 1 is 1.05 bits per heavy atom. The number of rotatable bonds is 1. The molecule has 102 valence electrons. The quantitative estimate of drug-likeness (QED) is 0.623. The maximum atomic E-state index is 12.7. The van der Waals surface area contributed by atoms with E-state index in [4.69, 9.17) is 0 Å². The molecule has 0 radical (unpaired) electrons. The number of pyridine rings is 1. The molecule has 0 N–H and O–H groups in total. The second kappa shape index (κ2) is 4.63. The maximum absolute atomic E-state index is 12.7. The van der Waals surface area contributed by atoms with Gasteiger partial charge >= 0.3 is 6.18 Å². The first-order valence-corrected chi connectivity index (χ1v) is 6.55. The van der Waals surface area contributed by atoms with Crippen LogP contribution in [0.25, 0.3) is 16.9 Å². The van der Waals surface area contributed by atoms with Gasteiger partial charge in [-0.3, -0.25) is 0 Å². The summed E-state index contributed by atoms with van der Waals surface area (Å²) in [5, 5.41) is 0. The van der Waals surface area contributed by atoms with Crippen molar-refractivity contribution in [2.24, 2.45) is 0 Å². The second-order valence-corrected chi connectivity index (χ2v) is 5.23. The Hall–Kier alpha value is -1.82. The first kappa shape index (κ1) is 13.2. The van der Waals surface area contributed by atoms with E-state index in [9.17, 15) is 13.2 Å². The Morgan fingerprint density at radius 3 is 2.60 bits per heavy atom. The zero-order chi connectivity index (χ0) is 14.3. The molecule has 0 aliphatic rings. The monoisotopic (exact) mass is 340 g/mol. The number of fused-ring (bicyclic) bond motifs is 1. The molecule has 3 aromatic rings. The average Bonchev–Trinajstić information content (AvgIpc) is 2.81. The SMILES string of the molecule is FC(F)(F)c1cccc(-c2cn3cc(Br)ccc3n2)c1. The highest BCUT2D eigenvalue weighted by molar-refractivity contribution is 9.10. The van der Waals surface area contributed by atoms with Crippen molar-refractivity contribution in [1.82, 2.24) is 9.38 Å². The molecule has 0 fully saturated rings. The van der Waals surface area contributed by atoms with Gasteiger partial charge in [0.25, 0.3) is 0 Å². The third-order valence-corrected chi connectivity index (χ3v) is 3.37. The lowest BCUT2D eigenvalue weighted by Gasteiger charge is -2.07. The summed E-state index contributed by atoms with van der Waals surface area (Å²) in [5.74, 6) is 0. The van der Waals surface area contributed by atoms with Crippen LogP contribution in [0.4, 0.5) is 13.2 Å². The lowest BCUT2D eigenvalue weighted by Crippen LogP contribution is -2.04. The number of nitrogens with zero attached hydrogens (tertiary/aromatic N) is 2. The van der Waals surface area contributed by atoms with Crippen LogP contribution in [-0.4, -0.2) is 9.38 Å². The van der Waals surface area contributed by atoms with E-state index in [0.29, 0.717) is 16.9 Å². The fraction of sp³-hybridized carbons (Fsp3) is 0.0714. The number of benzene rings is 1. The second-order valence-electron chi connectivity index (χ2n) is 4.32. The molecule has 1 aromatic carbocycles. The van der Waals surface area contributed by atoms with E-state index in [1.807, 2.05) is 6.07 Å². The van der Waals surface area contributed by atoms with Crippen LogP contribution in [0.3, 0.4) is 0 Å². The molecule has 2 aromatic heterocycles. The predicted molar refractivity (Wildman–Crippen MR) is 73.3 cm³/mol. The van der Waals surface area contributed by atoms with Gasteiger partial charge in [-0.15, -0.1) is 0 Å². The zero-order valence-corrected chi connectivity index (χ0v) is 11.6. The van der Waals surface area contributed by atoms with E-state index >= 15 is 0 Å². The molecule has 6 heteroatoms. The minimum Gasteiger partial charge on any atom is -0.305 e. The van der Waals surface area contributed by atoms with Crippen LogP contribution >= 0.6 is 15.9 Å². The molecule has 0 saturated carbocycles. The molecule has 0 unspecified atom stereocenters. The average molecular weight is 341 g/mol. The van der Waals surface area contributed by atoms with Crippen molar-refractivity contribution in [3.8, 4) is 11.3 Å². The Balaban J connectivity index is 2.11. The number of alkyl halides is 3. The number of hydrogen-bond acceptors (Lipinski definition) is 1. The van der Waals surface area contributed by atoms with Crippen molar-refractivity contribution in [2.45, 2.75) is 6.18 Å². The summed E-state index contributed by atoms with van der Waals surface area (Å²) in [6.07, 6.45) is -0.840. The van der Waals surface area contributed by atoms with Gasteiger partial charge < -0.3 is 4.40 Å². The van der Waals surface area contributed by atoms with E-state index in [0.717, 1.165) is 16.6 Å². The summed E-state index contributed by atoms with van der Waals surface area (Å²) < 4.78 is 40.8. The molecular weight excluding hydrogens is 333 g/mol. The van der Waals surface area contributed by atoms with E-state index < -0.39 is 11.7 Å². The Bertz CT molecular complexity index is 777. The van der Waals surface area contributed by atoms with Gasteiger partial charge in [-0.2, -0.15) is 13.2 Å². The van der Waals surface area contributed by atoms with Gasteiger partial charge in [-0.05, 0) is 40.2 Å². The molecule has 0 saturated heterocycles. The zero-order valence-electron chi connectivity index (χ0n) is 10.0. The molecule has 0 aliphatic heterocycles. The van der Waals surface area contributed by atoms with Crippen LogP contribution in [0.2, 0.25) is 0 Å². The smallest absolute Gasteiger partial charge is 0.305 e. The highest BCUT2D eigenvalue weighted by atomic mass is 79.9. The van der Waals surface area contributed by atoms with Crippen LogP contribution in [-0.2, 0) is 6.18 Å². The van der Waals surface area contributed by atoms with Gasteiger partial charge in [-0.1, -0.05) is 12.1 Å². The maximum Gasteiger partial charge on any atom is 0.416 e. The summed E-state index contributed by atoms with van der Waals surface area (Å²) in [4.78, 5) is 4.32. The van der Waals surface area contributed by atoms with E-state index in [2.05, 4.69) is 20.9 Å². The summed E-state index contributed by atoms with van der Waals surface area (Å²) >= 11 is 3.34. The van der Waals surface area contributed by atoms with Crippen molar-refractivity contribution in [3.63, 3.8) is 0 Å². The van der Waals surface area contributed by atoms with E-state index in [-0.39, 0.29) is 0 Å². The largest absolute Gasteiger partial charge is 0.416 e. The molecule has 0 atom stereocenters. The third-order valence-electron chi connectivity index (χ3n) is 2.90. The number of halogens is 4. The van der Waals surface area contributed by atoms with Crippen LogP contribution in [0.1, 0.15) is 5.56 Å². The van der Waals surface area contributed by atoms with Crippen LogP contribution in [0.5, 0.6) is 0 Å². The number of imidazole rings is 1. The van der Waals surface area contributed by atoms with Crippen molar-refractivity contribution in [2.75, 3.05) is 0 Å². The van der Waals surface area contributed by atoms with Gasteiger partial charge in [0.15, 0.2) is 0 Å². The molecule has 2 heterocycles. The molecule has 0 spiro atoms. The topological polar surface area (TPSA) is 17.3 Å². The minimum absolute atomic E-state index is 0.444. The highest BCUT2D eigenvalue weighted by Gasteiger charge is 2.30. The van der Waals surface area contributed by atoms with E-state index in [1.165, 1.54) is 6.07 Å². The van der Waals surface area contributed by atoms with Gasteiger partial charge in [0, 0.05) is 22.4 Å². The molecule has 3 rings (SSSR count). The summed E-state index contributed by atoms with van der Waals surface area (Å²) in [6, 6.07) is 8.79. The molecule has 2 nitrogen and oxygen atoms in total. The van der Waals surface area contributed by atoms with E-state index in [1.54, 1.807) is 28.9 Å². The van der Waals surface area contributed by atoms with Gasteiger partial charge in [-0.25, -0.2) is 4.98 Å². The standard InChI is InChI=1S/C14H8BrF3N2/c15-11-4-5-13-19-12(8-20(13)7-11)9-2-1-3-10(6-9)14(16,17)18/h1-8H. The lowest BCUT2D eigenvalue weighted by atomic mass is 10.1. The van der Waals surface area contributed by atoms with Crippen molar-refractivity contribution >= 4 is 21.6 Å². The van der Waals surface area contributed by atoms with Crippen molar-refractivity contribution < 1.29 is 13.2 Å². The Morgan fingerprint density at radius 2 is 1.85 bits per heavy atom. The fourth-order valence-electron chi connectivity index (χ4n) is 1.96. The molecule has 0 amide bonds. The summed E-state index contributed by atoms with van der Waals surface area (Å²) in [5.41, 5.74) is 0.961. The van der Waals surface area contributed by atoms with Crippen LogP contribution < -0.4 is 0 Å². The minimum atomic E-state index is -4.35. The normalized spacial score (nSPS) is 12.0. The van der Waals surface area contributed by atoms with Crippen molar-refractivity contribution in [3.05, 3.63) is 58.8 Å². The molecule has 0 bridgehead atoms. The van der Waals surface area contributed by atoms with Gasteiger partial charge in [0.2, 0.25) is 0 Å². The lowest BCUT2D eigenvalue weighted by molar-refractivity contribution is -0.137. The van der Waals surface area contributed by atoms with Gasteiger partial charge in [0.05, 0.1) is 11.3 Å². The number of hydrogen-bond donors (Lipinski definition) is 0. The molecular formula is C14H8BrF3N2. The first-order valence-electron chi connectivity index (χ1n) is 5.75. The van der Waals surface area contributed by atoms with Crippen LogP contribution in [0.15, 0.2) is 53.3 Å². The fourth-order valence-corrected chi connectivity index (χ4v) is 2.31. The predicted octanol–water partition coefficient (Wildman–Crippen LogP) is 4.78.